The first-order valence-corrected chi connectivity index (χ1v) is 11.4. The van der Waals surface area contributed by atoms with Crippen LogP contribution in [0.15, 0.2) is 65.1 Å². The average Bonchev–Trinajstić information content (AvgIpc) is 2.87. The molecule has 3 rings (SSSR count). The Morgan fingerprint density at radius 2 is 1.57 bits per heavy atom. The third-order valence-corrected chi connectivity index (χ3v) is 5.68. The third kappa shape index (κ3) is 6.45. The fourth-order valence-electron chi connectivity index (χ4n) is 3.57. The molecule has 0 saturated heterocycles. The Kier molecular flexibility index (Phi) is 8.97. The van der Waals surface area contributed by atoms with E-state index in [4.69, 9.17) is 18.9 Å². The molecule has 35 heavy (non-hydrogen) atoms. The highest BCUT2D eigenvalue weighted by molar-refractivity contribution is 9.10. The molecule has 8 nitrogen and oxygen atoms in total. The molecule has 3 aromatic carbocycles. The second-order valence-corrected chi connectivity index (χ2v) is 8.38. The molecule has 0 bridgehead atoms. The fraction of sp³-hybridized carbons (Fsp3) is 0.231. The molecule has 1 N–H and O–H groups in total. The molecule has 0 atom stereocenters. The molecule has 184 valence electrons. The van der Waals surface area contributed by atoms with Crippen LogP contribution in [0, 0.1) is 0 Å². The van der Waals surface area contributed by atoms with Crippen LogP contribution in [0.2, 0.25) is 0 Å². The second kappa shape index (κ2) is 12.1. The Hall–Kier alpha value is -3.72. The molecule has 3 aromatic rings. The lowest BCUT2D eigenvalue weighted by atomic mass is 10.1. The minimum atomic E-state index is -1.20. The molecular weight excluding hydrogens is 518 g/mol. The molecule has 0 heterocycles. The number of hydrogen-bond acceptors (Lipinski definition) is 6. The lowest BCUT2D eigenvalue weighted by Gasteiger charge is -2.25. The number of amides is 1. The van der Waals surface area contributed by atoms with Gasteiger partial charge in [0, 0.05) is 23.1 Å². The fourth-order valence-corrected chi connectivity index (χ4v) is 4.01. The van der Waals surface area contributed by atoms with Gasteiger partial charge in [0.15, 0.2) is 29.6 Å². The van der Waals surface area contributed by atoms with Crippen LogP contribution in [0.1, 0.15) is 21.5 Å². The predicted molar refractivity (Wildman–Crippen MR) is 133 cm³/mol. The number of carbonyl (C=O) groups is 2. The van der Waals surface area contributed by atoms with E-state index in [9.17, 15) is 14.7 Å². The quantitative estimate of drug-likeness (QED) is 0.371. The summed E-state index contributed by atoms with van der Waals surface area (Å²) in [5.41, 5.74) is 1.56. The SMILES string of the molecule is COc1cccc(CN(Cc2ccccc2)C(=O)COc2c(OC)cc(Br)cc2C(=O)O)c1OC. The molecule has 0 aliphatic heterocycles. The van der Waals surface area contributed by atoms with Crippen molar-refractivity contribution in [3.05, 3.63) is 81.8 Å². The zero-order chi connectivity index (χ0) is 25.4. The van der Waals surface area contributed by atoms with Crippen molar-refractivity contribution in [3.63, 3.8) is 0 Å². The van der Waals surface area contributed by atoms with E-state index < -0.39 is 12.6 Å². The Labute approximate surface area is 212 Å². The maximum Gasteiger partial charge on any atom is 0.339 e. The standard InChI is InChI=1S/C26H26BrNO7/c1-32-21-11-7-10-18(24(21)34-3)15-28(14-17-8-5-4-6-9-17)23(29)16-35-25-20(26(30)31)12-19(27)13-22(25)33-2/h4-13H,14-16H2,1-3H3,(H,30,31). The van der Waals surface area contributed by atoms with Crippen LogP contribution in [0.25, 0.3) is 0 Å². The lowest BCUT2D eigenvalue weighted by Crippen LogP contribution is -2.34. The van der Waals surface area contributed by atoms with Crippen molar-refractivity contribution in [2.75, 3.05) is 27.9 Å². The van der Waals surface area contributed by atoms with Crippen LogP contribution < -0.4 is 18.9 Å². The summed E-state index contributed by atoms with van der Waals surface area (Å²) >= 11 is 3.26. The highest BCUT2D eigenvalue weighted by Gasteiger charge is 2.23. The number of para-hydroxylation sites is 1. The van der Waals surface area contributed by atoms with Crippen LogP contribution in [-0.2, 0) is 17.9 Å². The van der Waals surface area contributed by atoms with Gasteiger partial charge in [-0.25, -0.2) is 4.79 Å². The smallest absolute Gasteiger partial charge is 0.339 e. The summed E-state index contributed by atoms with van der Waals surface area (Å²) in [6.07, 6.45) is 0. The summed E-state index contributed by atoms with van der Waals surface area (Å²) in [5, 5.41) is 9.60. The van der Waals surface area contributed by atoms with E-state index >= 15 is 0 Å². The molecule has 1 amide bonds. The highest BCUT2D eigenvalue weighted by Crippen LogP contribution is 2.35. The lowest BCUT2D eigenvalue weighted by molar-refractivity contribution is -0.134. The number of benzene rings is 3. The molecule has 0 radical (unpaired) electrons. The van der Waals surface area contributed by atoms with Gasteiger partial charge in [0.2, 0.25) is 0 Å². The summed E-state index contributed by atoms with van der Waals surface area (Å²) < 4.78 is 22.4. The Morgan fingerprint density at radius 1 is 0.857 bits per heavy atom. The van der Waals surface area contributed by atoms with Crippen LogP contribution in [0.5, 0.6) is 23.0 Å². The zero-order valence-electron chi connectivity index (χ0n) is 19.6. The van der Waals surface area contributed by atoms with Gasteiger partial charge in [-0.3, -0.25) is 4.79 Å². The number of carbonyl (C=O) groups excluding carboxylic acids is 1. The van der Waals surface area contributed by atoms with Crippen molar-refractivity contribution in [2.45, 2.75) is 13.1 Å². The maximum absolute atomic E-state index is 13.4. The number of rotatable bonds is 11. The highest BCUT2D eigenvalue weighted by atomic mass is 79.9. The van der Waals surface area contributed by atoms with Crippen LogP contribution in [0.3, 0.4) is 0 Å². The van der Waals surface area contributed by atoms with Gasteiger partial charge in [0.1, 0.15) is 5.56 Å². The first-order valence-electron chi connectivity index (χ1n) is 10.6. The number of halogens is 1. The molecule has 0 aromatic heterocycles. The van der Waals surface area contributed by atoms with Crippen molar-refractivity contribution < 1.29 is 33.6 Å². The van der Waals surface area contributed by atoms with E-state index in [0.29, 0.717) is 22.5 Å². The van der Waals surface area contributed by atoms with Crippen LogP contribution in [0.4, 0.5) is 0 Å². The molecule has 9 heteroatoms. The Bertz CT molecular complexity index is 1180. The van der Waals surface area contributed by atoms with Gasteiger partial charge in [-0.15, -0.1) is 0 Å². The van der Waals surface area contributed by atoms with E-state index in [0.717, 1.165) is 11.1 Å². The number of hydrogen-bond donors (Lipinski definition) is 1. The van der Waals surface area contributed by atoms with Gasteiger partial charge in [-0.05, 0) is 23.8 Å². The van der Waals surface area contributed by atoms with Gasteiger partial charge in [-0.2, -0.15) is 0 Å². The summed E-state index contributed by atoms with van der Waals surface area (Å²) in [4.78, 5) is 26.7. The van der Waals surface area contributed by atoms with Gasteiger partial charge in [0.25, 0.3) is 5.91 Å². The summed E-state index contributed by atoms with van der Waals surface area (Å²) in [6.45, 7) is 0.144. The average molecular weight is 544 g/mol. The number of methoxy groups -OCH3 is 3. The second-order valence-electron chi connectivity index (χ2n) is 7.47. The minimum absolute atomic E-state index is 0.0184. The van der Waals surface area contributed by atoms with Gasteiger partial charge < -0.3 is 29.0 Å². The molecule has 0 aliphatic carbocycles. The van der Waals surface area contributed by atoms with Gasteiger partial charge >= 0.3 is 5.97 Å². The molecular formula is C26H26BrNO7. The zero-order valence-corrected chi connectivity index (χ0v) is 21.2. The maximum atomic E-state index is 13.4. The van der Waals surface area contributed by atoms with E-state index in [1.807, 2.05) is 42.5 Å². The van der Waals surface area contributed by atoms with Crippen molar-refractivity contribution in [1.82, 2.24) is 4.90 Å². The van der Waals surface area contributed by atoms with E-state index in [-0.39, 0.29) is 29.5 Å². The monoisotopic (exact) mass is 543 g/mol. The first-order chi connectivity index (χ1) is 16.9. The number of ether oxygens (including phenoxy) is 4. The third-order valence-electron chi connectivity index (χ3n) is 5.22. The molecule has 0 saturated carbocycles. The van der Waals surface area contributed by atoms with Gasteiger partial charge in [0.05, 0.1) is 21.3 Å². The molecule has 0 spiro atoms. The normalized spacial score (nSPS) is 10.4. The summed E-state index contributed by atoms with van der Waals surface area (Å²) in [7, 11) is 4.49. The first kappa shape index (κ1) is 25.9. The number of carboxylic acid groups (broad SMARTS) is 1. The van der Waals surface area contributed by atoms with E-state index in [1.54, 1.807) is 31.3 Å². The van der Waals surface area contributed by atoms with Crippen LogP contribution >= 0.6 is 15.9 Å². The van der Waals surface area contributed by atoms with Crippen molar-refractivity contribution in [1.29, 1.82) is 0 Å². The van der Waals surface area contributed by atoms with Crippen LogP contribution in [-0.4, -0.2) is 49.8 Å². The van der Waals surface area contributed by atoms with Gasteiger partial charge in [-0.1, -0.05) is 58.4 Å². The Morgan fingerprint density at radius 3 is 2.20 bits per heavy atom. The predicted octanol–water partition coefficient (Wildman–Crippen LogP) is 4.78. The largest absolute Gasteiger partial charge is 0.493 e. The van der Waals surface area contributed by atoms with Crippen molar-refractivity contribution in [2.24, 2.45) is 0 Å². The molecule has 0 unspecified atom stereocenters. The molecule has 0 aliphatic rings. The van der Waals surface area contributed by atoms with E-state index in [1.165, 1.54) is 13.2 Å². The molecule has 0 fully saturated rings. The minimum Gasteiger partial charge on any atom is -0.493 e. The van der Waals surface area contributed by atoms with Crippen molar-refractivity contribution in [3.8, 4) is 23.0 Å². The van der Waals surface area contributed by atoms with E-state index in [2.05, 4.69) is 15.9 Å². The Balaban J connectivity index is 1.89. The summed E-state index contributed by atoms with van der Waals surface area (Å²) in [6, 6.07) is 18.0. The summed E-state index contributed by atoms with van der Waals surface area (Å²) in [5.74, 6) is -0.276. The number of aromatic carboxylic acids is 1. The number of nitrogens with zero attached hydrogens (tertiary/aromatic N) is 1. The number of carboxylic acids is 1. The van der Waals surface area contributed by atoms with Crippen molar-refractivity contribution >= 4 is 27.8 Å². The topological polar surface area (TPSA) is 94.5 Å².